The van der Waals surface area contributed by atoms with E-state index in [0.717, 1.165) is 12.0 Å². The first-order valence-corrected chi connectivity index (χ1v) is 23.4. The van der Waals surface area contributed by atoms with Crippen molar-refractivity contribution in [2.24, 2.45) is 23.2 Å². The summed E-state index contributed by atoms with van der Waals surface area (Å²) in [5.41, 5.74) is -0.632. The molecule has 7 aliphatic rings. The van der Waals surface area contributed by atoms with Gasteiger partial charge < -0.3 is 67.8 Å². The van der Waals surface area contributed by atoms with Gasteiger partial charge in [0.1, 0.15) is 42.0 Å². The molecule has 6 aliphatic heterocycles. The van der Waals surface area contributed by atoms with Gasteiger partial charge in [-0.05, 0) is 62.8 Å². The van der Waals surface area contributed by atoms with Gasteiger partial charge in [-0.2, -0.15) is 0 Å². The highest BCUT2D eigenvalue weighted by Crippen LogP contribution is 2.48. The number of esters is 1. The Bertz CT molecular complexity index is 1800. The average molecular weight is 903 g/mol. The van der Waals surface area contributed by atoms with E-state index in [9.17, 15) is 25.2 Å². The highest BCUT2D eigenvalue weighted by molar-refractivity contribution is 5.78. The molecule has 1 aliphatic carbocycles. The van der Waals surface area contributed by atoms with E-state index in [4.69, 9.17) is 47.4 Å². The van der Waals surface area contributed by atoms with E-state index in [2.05, 4.69) is 19.9 Å². The number of aliphatic hydroxyl groups excluding tert-OH is 3. The summed E-state index contributed by atoms with van der Waals surface area (Å²) in [5, 5.41) is 44.8. The molecule has 4 N–H and O–H groups in total. The third-order valence-corrected chi connectivity index (χ3v) is 15.0. The second-order valence-electron chi connectivity index (χ2n) is 19.7. The Labute approximate surface area is 378 Å². The summed E-state index contributed by atoms with van der Waals surface area (Å²) in [6.45, 7) is 15.6. The van der Waals surface area contributed by atoms with Gasteiger partial charge in [0.15, 0.2) is 18.4 Å². The maximum atomic E-state index is 14.4. The molecule has 15 heteroatoms. The van der Waals surface area contributed by atoms with Crippen molar-refractivity contribution in [3.63, 3.8) is 0 Å². The maximum absolute atomic E-state index is 14.4. The molecule has 1 spiro atoms. The van der Waals surface area contributed by atoms with Crippen LogP contribution in [0.25, 0.3) is 0 Å². The fourth-order valence-corrected chi connectivity index (χ4v) is 10.8. The molecule has 2 bridgehead atoms. The number of hydrogen-bond donors (Lipinski definition) is 4. The van der Waals surface area contributed by atoms with Crippen LogP contribution in [0, 0.1) is 23.2 Å². The minimum absolute atomic E-state index is 0.00931. The monoisotopic (exact) mass is 903 g/mol. The lowest BCUT2D eigenvalue weighted by Crippen LogP contribution is -2.58. The minimum Gasteiger partial charge on any atom is -0.462 e. The normalized spacial score (nSPS) is 48.3. The Hall–Kier alpha value is -2.35. The van der Waals surface area contributed by atoms with Crippen LogP contribution in [0.5, 0.6) is 0 Å². The molecule has 4 fully saturated rings. The van der Waals surface area contributed by atoms with E-state index >= 15 is 0 Å². The van der Waals surface area contributed by atoms with Crippen LogP contribution in [0.4, 0.5) is 0 Å². The number of methoxy groups -OCH3 is 2. The molecule has 0 aromatic carbocycles. The summed E-state index contributed by atoms with van der Waals surface area (Å²) in [7, 11) is 3.20. The number of carbonyl (C=O) groups excluding carboxylic acids is 1. The lowest BCUT2D eigenvalue weighted by molar-refractivity contribution is -0.318. The van der Waals surface area contributed by atoms with Crippen molar-refractivity contribution in [1.82, 2.24) is 0 Å². The van der Waals surface area contributed by atoms with Crippen molar-refractivity contribution in [2.45, 2.75) is 191 Å². The van der Waals surface area contributed by atoms with Crippen molar-refractivity contribution in [1.29, 1.82) is 0 Å². The predicted molar refractivity (Wildman–Crippen MR) is 233 cm³/mol. The molecule has 15 nitrogen and oxygen atoms in total. The van der Waals surface area contributed by atoms with Gasteiger partial charge in [-0.25, -0.2) is 0 Å². The van der Waals surface area contributed by atoms with E-state index in [0.29, 0.717) is 36.8 Å². The quantitative estimate of drug-likeness (QED) is 0.183. The second kappa shape index (κ2) is 20.1. The van der Waals surface area contributed by atoms with Crippen molar-refractivity contribution in [2.75, 3.05) is 27.4 Å². The SMILES string of the molecule is CC[C@H](C)[C@H]1O[C@]2(C=C[C@@]1(C)CO)C[C@@H]1C[C@@H](C/C=C(/C)[C@@H](O[C@H]3C[C@H](OC)[C@@H](O[C@H]4C[C@H](OC)[C@@H](O)[C@H](C)O4)[C@H](C)O3)[C@@H](C)/C=C\C=C3CO[C@@H]4[C@H](O)C(C)=C[C@@H](C(=O)O1)[C@]34O)O2. The van der Waals surface area contributed by atoms with Crippen molar-refractivity contribution >= 4 is 5.97 Å². The molecule has 0 unspecified atom stereocenters. The van der Waals surface area contributed by atoms with Gasteiger partial charge in [-0.15, -0.1) is 0 Å². The molecule has 4 saturated heterocycles. The Kier molecular flexibility index (Phi) is 15.6. The molecule has 0 radical (unpaired) electrons. The largest absolute Gasteiger partial charge is 0.462 e. The van der Waals surface area contributed by atoms with Gasteiger partial charge >= 0.3 is 5.97 Å². The van der Waals surface area contributed by atoms with E-state index in [-0.39, 0.29) is 37.6 Å². The molecule has 0 aromatic rings. The topological polar surface area (TPSA) is 190 Å². The number of hydrogen-bond acceptors (Lipinski definition) is 15. The molecule has 360 valence electrons. The Morgan fingerprint density at radius 1 is 0.922 bits per heavy atom. The van der Waals surface area contributed by atoms with Crippen molar-refractivity contribution in [3.8, 4) is 0 Å². The average Bonchev–Trinajstić information content (AvgIpc) is 3.61. The fraction of sp³-hybridized carbons (Fsp3) is 0.776. The molecule has 6 heterocycles. The number of carbonyl (C=O) groups is 1. The summed E-state index contributed by atoms with van der Waals surface area (Å²) < 4.78 is 63.7. The fourth-order valence-electron chi connectivity index (χ4n) is 10.8. The molecule has 64 heavy (non-hydrogen) atoms. The summed E-state index contributed by atoms with van der Waals surface area (Å²) >= 11 is 0. The first-order valence-electron chi connectivity index (χ1n) is 23.4. The van der Waals surface area contributed by atoms with Gasteiger partial charge in [-0.3, -0.25) is 4.79 Å². The lowest BCUT2D eigenvalue weighted by atomic mass is 9.71. The molecule has 0 saturated carbocycles. The summed E-state index contributed by atoms with van der Waals surface area (Å²) in [6, 6.07) is 0. The van der Waals surface area contributed by atoms with E-state index in [1.807, 2.05) is 52.0 Å². The van der Waals surface area contributed by atoms with Gasteiger partial charge in [-0.1, -0.05) is 70.6 Å². The molecular weight excluding hydrogens is 829 g/mol. The third-order valence-electron chi connectivity index (χ3n) is 15.0. The van der Waals surface area contributed by atoms with Gasteiger partial charge in [0.25, 0.3) is 0 Å². The Morgan fingerprint density at radius 2 is 1.62 bits per heavy atom. The van der Waals surface area contributed by atoms with Crippen LogP contribution >= 0.6 is 0 Å². The van der Waals surface area contributed by atoms with Crippen LogP contribution in [0.3, 0.4) is 0 Å². The highest BCUT2D eigenvalue weighted by atomic mass is 16.7. The number of ether oxygens (including phenoxy) is 10. The summed E-state index contributed by atoms with van der Waals surface area (Å²) in [4.78, 5) is 14.4. The van der Waals surface area contributed by atoms with Gasteiger partial charge in [0.05, 0.1) is 55.9 Å². The standard InChI is InChI=1S/C49H74O15/c1-11-26(2)44-47(8,25-50)17-18-48(64-44)23-34-20-33(63-48)16-15-28(4)42(27(3)13-12-14-32-24-57-45-40(51)29(5)19-35(46(53)60-34)49(32,45)54)61-39-22-37(56-10)43(31(7)59-39)62-38-21-36(55-9)41(52)30(6)58-38/h12-15,17-19,26-27,30-31,33-45,50-52,54H,11,16,20-25H2,1-10H3/b13-12-,28-15-,32-14?/t26-,27-,30-,31-,33+,34-,35-,36-,37-,38-,39-,40+,41-,42-,43-,44+,45+,47-,48+,49+/m0/s1. The van der Waals surface area contributed by atoms with Crippen LogP contribution in [0.15, 0.2) is 59.3 Å². The van der Waals surface area contributed by atoms with E-state index in [1.165, 1.54) is 0 Å². The Morgan fingerprint density at radius 3 is 2.33 bits per heavy atom. The number of aliphatic hydroxyl groups is 4. The first-order chi connectivity index (χ1) is 30.4. The predicted octanol–water partition coefficient (Wildman–Crippen LogP) is 4.74. The molecule has 7 rings (SSSR count). The highest BCUT2D eigenvalue weighted by Gasteiger charge is 2.60. The van der Waals surface area contributed by atoms with Crippen LogP contribution in [0.2, 0.25) is 0 Å². The van der Waals surface area contributed by atoms with E-state index in [1.54, 1.807) is 40.2 Å². The van der Waals surface area contributed by atoms with Gasteiger partial charge in [0, 0.05) is 51.2 Å². The second-order valence-corrected chi connectivity index (χ2v) is 19.7. The Balaban J connectivity index is 1.20. The van der Waals surface area contributed by atoms with E-state index < -0.39 is 108 Å². The smallest absolute Gasteiger partial charge is 0.316 e. The molecular formula is C49H74O15. The minimum atomic E-state index is -1.87. The maximum Gasteiger partial charge on any atom is 0.316 e. The number of fused-ring (bicyclic) bond motifs is 2. The van der Waals surface area contributed by atoms with Crippen LogP contribution in [0.1, 0.15) is 93.9 Å². The summed E-state index contributed by atoms with van der Waals surface area (Å²) in [5.74, 6) is -3.17. The summed E-state index contributed by atoms with van der Waals surface area (Å²) in [6.07, 6.45) is 7.16. The van der Waals surface area contributed by atoms with Crippen LogP contribution in [-0.2, 0) is 52.2 Å². The zero-order valence-corrected chi connectivity index (χ0v) is 39.3. The zero-order valence-electron chi connectivity index (χ0n) is 39.3. The molecule has 0 amide bonds. The van der Waals surface area contributed by atoms with Crippen molar-refractivity contribution < 1.29 is 72.6 Å². The third kappa shape index (κ3) is 9.81. The number of allylic oxidation sites excluding steroid dienone is 2. The zero-order chi connectivity index (χ0) is 46.3. The number of rotatable bonds is 9. The first kappa shape index (κ1) is 49.6. The molecule has 20 atom stereocenters. The lowest BCUT2D eigenvalue weighted by Gasteiger charge is -2.51. The van der Waals surface area contributed by atoms with Crippen LogP contribution < -0.4 is 0 Å². The van der Waals surface area contributed by atoms with Crippen LogP contribution in [-0.4, -0.2) is 151 Å². The van der Waals surface area contributed by atoms with Crippen molar-refractivity contribution in [3.05, 3.63) is 59.3 Å². The molecule has 0 aromatic heterocycles. The van der Waals surface area contributed by atoms with Gasteiger partial charge in [0.2, 0.25) is 0 Å².